The lowest BCUT2D eigenvalue weighted by Crippen LogP contribution is -2.42. The van der Waals surface area contributed by atoms with E-state index in [1.54, 1.807) is 18.1 Å². The number of rotatable bonds is 5. The maximum Gasteiger partial charge on any atom is 0.410 e. The molecule has 0 spiro atoms. The smallest absolute Gasteiger partial charge is 0.410 e. The van der Waals surface area contributed by atoms with E-state index in [-0.39, 0.29) is 6.09 Å². The number of hydrogen-bond acceptors (Lipinski definition) is 4. The average molecular weight is 426 g/mol. The van der Waals surface area contributed by atoms with Crippen molar-refractivity contribution in [2.45, 2.75) is 39.2 Å². The number of halogens is 1. The molecule has 1 aliphatic heterocycles. The Balaban J connectivity index is 1.91. The van der Waals surface area contributed by atoms with Crippen LogP contribution in [0.25, 0.3) is 6.08 Å². The molecule has 1 fully saturated rings. The van der Waals surface area contributed by atoms with Crippen molar-refractivity contribution in [2.24, 2.45) is 5.92 Å². The van der Waals surface area contributed by atoms with E-state index in [4.69, 9.17) is 14.2 Å². The van der Waals surface area contributed by atoms with Gasteiger partial charge in [0.05, 0.1) is 18.2 Å². The van der Waals surface area contributed by atoms with Crippen molar-refractivity contribution in [3.63, 3.8) is 0 Å². The summed E-state index contributed by atoms with van der Waals surface area (Å²) in [4.78, 5) is 13.9. The molecule has 0 aliphatic carbocycles. The summed E-state index contributed by atoms with van der Waals surface area (Å²) in [6.07, 6.45) is 3.32. The molecule has 0 aromatic heterocycles. The lowest BCUT2D eigenvalue weighted by atomic mass is 9.98. The predicted molar refractivity (Wildman–Crippen MR) is 107 cm³/mol. The van der Waals surface area contributed by atoms with Gasteiger partial charge < -0.3 is 19.1 Å². The minimum Gasteiger partial charge on any atom is -0.493 e. The van der Waals surface area contributed by atoms with Crippen LogP contribution in [0.15, 0.2) is 23.2 Å². The number of ether oxygens (including phenoxy) is 3. The molecule has 0 bridgehead atoms. The van der Waals surface area contributed by atoms with E-state index in [2.05, 4.69) is 22.5 Å². The Morgan fingerprint density at radius 1 is 1.35 bits per heavy atom. The van der Waals surface area contributed by atoms with Crippen LogP contribution >= 0.6 is 15.9 Å². The number of likely N-dealkylation sites (tertiary alicyclic amines) is 1. The molecule has 26 heavy (non-hydrogen) atoms. The first kappa shape index (κ1) is 20.6. The molecule has 0 atom stereocenters. The van der Waals surface area contributed by atoms with Gasteiger partial charge in [0.25, 0.3) is 0 Å². The Labute approximate surface area is 164 Å². The molecular weight excluding hydrogens is 398 g/mol. The summed E-state index contributed by atoms with van der Waals surface area (Å²) < 4.78 is 17.7. The zero-order chi connectivity index (χ0) is 19.3. The highest BCUT2D eigenvalue weighted by atomic mass is 79.9. The first-order valence-electron chi connectivity index (χ1n) is 8.84. The maximum absolute atomic E-state index is 12.1. The third-order valence-electron chi connectivity index (χ3n) is 4.26. The molecule has 1 aromatic rings. The molecule has 0 unspecified atom stereocenters. The van der Waals surface area contributed by atoms with Crippen molar-refractivity contribution in [1.29, 1.82) is 0 Å². The first-order valence-corrected chi connectivity index (χ1v) is 9.64. The Hall–Kier alpha value is -1.69. The predicted octanol–water partition coefficient (Wildman–Crippen LogP) is 5.13. The summed E-state index contributed by atoms with van der Waals surface area (Å²) >= 11 is 3.57. The largest absolute Gasteiger partial charge is 0.493 e. The van der Waals surface area contributed by atoms with Crippen molar-refractivity contribution in [2.75, 3.05) is 26.8 Å². The Kier molecular flexibility index (Phi) is 6.98. The van der Waals surface area contributed by atoms with Gasteiger partial charge in [0, 0.05) is 13.1 Å². The van der Waals surface area contributed by atoms with Crippen LogP contribution in [0.5, 0.6) is 11.5 Å². The third-order valence-corrected chi connectivity index (χ3v) is 5.08. The van der Waals surface area contributed by atoms with Crippen LogP contribution in [-0.2, 0) is 4.74 Å². The highest BCUT2D eigenvalue weighted by molar-refractivity contribution is 9.10. The molecule has 0 N–H and O–H groups in total. The second-order valence-electron chi connectivity index (χ2n) is 7.43. The van der Waals surface area contributed by atoms with Crippen LogP contribution in [-0.4, -0.2) is 43.4 Å². The highest BCUT2D eigenvalue weighted by Crippen LogP contribution is 2.38. The minimum absolute atomic E-state index is 0.236. The number of nitrogens with zero attached hydrogens (tertiary/aromatic N) is 1. The van der Waals surface area contributed by atoms with Crippen LogP contribution in [0, 0.1) is 5.92 Å². The molecule has 1 saturated heterocycles. The number of amides is 1. The van der Waals surface area contributed by atoms with Crippen molar-refractivity contribution >= 4 is 28.1 Å². The lowest BCUT2D eigenvalue weighted by Gasteiger charge is -2.33. The van der Waals surface area contributed by atoms with Gasteiger partial charge in [0.1, 0.15) is 5.60 Å². The summed E-state index contributed by atoms with van der Waals surface area (Å²) in [5.74, 6) is 1.77. The van der Waals surface area contributed by atoms with E-state index in [0.717, 1.165) is 22.9 Å². The van der Waals surface area contributed by atoms with Gasteiger partial charge in [-0.05, 0) is 73.2 Å². The van der Waals surface area contributed by atoms with Gasteiger partial charge in [-0.2, -0.15) is 0 Å². The highest BCUT2D eigenvalue weighted by Gasteiger charge is 2.27. The Morgan fingerprint density at radius 3 is 2.54 bits per heavy atom. The van der Waals surface area contributed by atoms with Crippen LogP contribution in [0.4, 0.5) is 4.79 Å². The lowest BCUT2D eigenvalue weighted by molar-refractivity contribution is 0.0164. The zero-order valence-corrected chi connectivity index (χ0v) is 17.6. The number of carbonyl (C=O) groups is 1. The minimum atomic E-state index is -0.462. The van der Waals surface area contributed by atoms with Crippen molar-refractivity contribution in [3.8, 4) is 11.5 Å². The van der Waals surface area contributed by atoms with Gasteiger partial charge in [-0.15, -0.1) is 0 Å². The molecule has 1 amide bonds. The van der Waals surface area contributed by atoms with Crippen molar-refractivity contribution in [3.05, 3.63) is 28.7 Å². The van der Waals surface area contributed by atoms with Crippen molar-refractivity contribution in [1.82, 2.24) is 4.90 Å². The average Bonchev–Trinajstić information content (AvgIpc) is 2.59. The van der Waals surface area contributed by atoms with E-state index >= 15 is 0 Å². The van der Waals surface area contributed by atoms with Gasteiger partial charge in [0.2, 0.25) is 0 Å². The molecule has 6 heteroatoms. The normalized spacial score (nSPS) is 15.5. The molecule has 0 saturated carbocycles. The number of piperidine rings is 1. The molecule has 144 valence electrons. The fraction of sp³-hybridized carbons (Fsp3) is 0.550. The summed E-state index contributed by atoms with van der Waals surface area (Å²) in [6.45, 7) is 11.4. The maximum atomic E-state index is 12.1. The SMILES string of the molecule is C=Cc1ccc(OC)c(OCC2CCN(C(=O)OC(C)(C)C)CC2)c1Br. The fourth-order valence-corrected chi connectivity index (χ4v) is 3.42. The Bertz CT molecular complexity index is 646. The van der Waals surface area contributed by atoms with Gasteiger partial charge in [-0.3, -0.25) is 0 Å². The van der Waals surface area contributed by atoms with Gasteiger partial charge in [0.15, 0.2) is 11.5 Å². The van der Waals surface area contributed by atoms with E-state index in [1.807, 2.05) is 32.9 Å². The molecule has 0 radical (unpaired) electrons. The number of methoxy groups -OCH3 is 1. The molecule has 1 aromatic carbocycles. The zero-order valence-electron chi connectivity index (χ0n) is 16.0. The Morgan fingerprint density at radius 2 is 2.00 bits per heavy atom. The van der Waals surface area contributed by atoms with Gasteiger partial charge >= 0.3 is 6.09 Å². The topological polar surface area (TPSA) is 48.0 Å². The number of benzene rings is 1. The van der Waals surface area contributed by atoms with Crippen molar-refractivity contribution < 1.29 is 19.0 Å². The summed E-state index contributed by atoms with van der Waals surface area (Å²) in [7, 11) is 1.63. The van der Waals surface area contributed by atoms with Crippen LogP contribution < -0.4 is 9.47 Å². The number of carbonyl (C=O) groups excluding carboxylic acids is 1. The molecule has 1 heterocycles. The van der Waals surface area contributed by atoms with Crippen LogP contribution in [0.3, 0.4) is 0 Å². The third kappa shape index (κ3) is 5.40. The van der Waals surface area contributed by atoms with Gasteiger partial charge in [-0.25, -0.2) is 4.79 Å². The summed E-state index contributed by atoms with van der Waals surface area (Å²) in [5.41, 5.74) is 0.497. The second-order valence-corrected chi connectivity index (χ2v) is 8.22. The van der Waals surface area contributed by atoms with E-state index in [1.165, 1.54) is 0 Å². The molecule has 1 aliphatic rings. The van der Waals surface area contributed by atoms with Crippen LogP contribution in [0.1, 0.15) is 39.2 Å². The van der Waals surface area contributed by atoms with E-state index in [0.29, 0.717) is 37.1 Å². The fourth-order valence-electron chi connectivity index (χ4n) is 2.82. The monoisotopic (exact) mass is 425 g/mol. The standard InChI is InChI=1S/C20H28BrNO4/c1-6-15-7-8-16(24-5)18(17(15)21)25-13-14-9-11-22(12-10-14)19(23)26-20(2,3)4/h6-8,14H,1,9-13H2,2-5H3. The van der Waals surface area contributed by atoms with E-state index < -0.39 is 5.60 Å². The van der Waals surface area contributed by atoms with Gasteiger partial charge in [-0.1, -0.05) is 12.7 Å². The summed E-state index contributed by atoms with van der Waals surface area (Å²) in [6, 6.07) is 3.81. The molecule has 2 rings (SSSR count). The molecular formula is C20H28BrNO4. The second kappa shape index (κ2) is 8.80. The summed E-state index contributed by atoms with van der Waals surface area (Å²) in [5, 5.41) is 0. The first-order chi connectivity index (χ1) is 12.2. The van der Waals surface area contributed by atoms with Crippen LogP contribution in [0.2, 0.25) is 0 Å². The van der Waals surface area contributed by atoms with E-state index in [9.17, 15) is 4.79 Å². The molecule has 5 nitrogen and oxygen atoms in total. The quantitative estimate of drug-likeness (QED) is 0.655. The number of hydrogen-bond donors (Lipinski definition) is 0.